The van der Waals surface area contributed by atoms with Crippen LogP contribution >= 0.6 is 0 Å². The van der Waals surface area contributed by atoms with E-state index in [0.717, 1.165) is 5.56 Å². The topological polar surface area (TPSA) is 92.8 Å². The van der Waals surface area contributed by atoms with Gasteiger partial charge in [-0.2, -0.15) is 0 Å². The second-order valence-electron chi connectivity index (χ2n) is 6.74. The summed E-state index contributed by atoms with van der Waals surface area (Å²) in [6.07, 6.45) is 0.144. The molecule has 7 nitrogen and oxygen atoms in total. The van der Waals surface area contributed by atoms with Crippen molar-refractivity contribution in [2.45, 2.75) is 37.6 Å². The molecular weight excluding hydrogens is 380 g/mol. The van der Waals surface area contributed by atoms with Crippen molar-refractivity contribution < 1.29 is 22.7 Å². The lowest BCUT2D eigenvalue weighted by Crippen LogP contribution is -2.45. The zero-order chi connectivity index (χ0) is 20.5. The average molecular weight is 402 g/mol. The van der Waals surface area contributed by atoms with E-state index in [9.17, 15) is 18.0 Å². The third-order valence-electron chi connectivity index (χ3n) is 4.71. The molecule has 1 aliphatic heterocycles. The second kappa shape index (κ2) is 7.63. The molecule has 0 aromatic heterocycles. The first-order chi connectivity index (χ1) is 13.2. The van der Waals surface area contributed by atoms with Crippen molar-refractivity contribution in [3.8, 4) is 5.75 Å². The van der Waals surface area contributed by atoms with Crippen LogP contribution in [0.5, 0.6) is 5.75 Å². The molecule has 1 N–H and O–H groups in total. The maximum Gasteiger partial charge on any atom is 0.267 e. The zero-order valence-corrected chi connectivity index (χ0v) is 16.7. The summed E-state index contributed by atoms with van der Waals surface area (Å²) >= 11 is 0. The number of ether oxygens (including phenoxy) is 1. The van der Waals surface area contributed by atoms with Crippen LogP contribution in [0.1, 0.15) is 24.0 Å². The lowest BCUT2D eigenvalue weighted by molar-refractivity contribution is -0.128. The van der Waals surface area contributed by atoms with Crippen molar-refractivity contribution in [3.05, 3.63) is 53.6 Å². The molecule has 8 heteroatoms. The quantitative estimate of drug-likeness (QED) is 0.830. The van der Waals surface area contributed by atoms with Gasteiger partial charge in [-0.3, -0.25) is 9.59 Å². The molecule has 28 heavy (non-hydrogen) atoms. The van der Waals surface area contributed by atoms with Crippen molar-refractivity contribution >= 4 is 27.5 Å². The second-order valence-corrected chi connectivity index (χ2v) is 8.55. The predicted molar refractivity (Wildman–Crippen MR) is 105 cm³/mol. The van der Waals surface area contributed by atoms with E-state index >= 15 is 0 Å². The number of hydrogen-bond acceptors (Lipinski definition) is 5. The Kier molecular flexibility index (Phi) is 5.42. The van der Waals surface area contributed by atoms with E-state index in [1.807, 2.05) is 19.1 Å². The van der Waals surface area contributed by atoms with E-state index in [1.165, 1.54) is 25.3 Å². The van der Waals surface area contributed by atoms with Gasteiger partial charge in [0, 0.05) is 12.1 Å². The third-order valence-corrected chi connectivity index (χ3v) is 6.53. The summed E-state index contributed by atoms with van der Waals surface area (Å²) in [4.78, 5) is 25.0. The number of sulfonamides is 1. The van der Waals surface area contributed by atoms with Crippen LogP contribution in [0.3, 0.4) is 0 Å². The number of aryl methyl sites for hydroxylation is 2. The van der Waals surface area contributed by atoms with Crippen LogP contribution in [0, 0.1) is 13.8 Å². The van der Waals surface area contributed by atoms with Gasteiger partial charge < -0.3 is 10.1 Å². The number of carbonyl (C=O) groups excluding carboxylic acids is 2. The predicted octanol–water partition coefficient (Wildman–Crippen LogP) is 2.63. The molecule has 1 atom stereocenters. The van der Waals surface area contributed by atoms with Gasteiger partial charge in [-0.15, -0.1) is 0 Å². The Hall–Kier alpha value is -2.87. The smallest absolute Gasteiger partial charge is 0.267 e. The van der Waals surface area contributed by atoms with E-state index in [0.29, 0.717) is 21.3 Å². The average Bonchev–Trinajstić information content (AvgIpc) is 3.06. The summed E-state index contributed by atoms with van der Waals surface area (Å²) in [7, 11) is -2.67. The maximum absolute atomic E-state index is 13.1. The monoisotopic (exact) mass is 402 g/mol. The third kappa shape index (κ3) is 3.73. The van der Waals surface area contributed by atoms with Crippen molar-refractivity contribution in [1.82, 2.24) is 4.31 Å². The van der Waals surface area contributed by atoms with Crippen LogP contribution in [-0.2, 0) is 19.6 Å². The molecule has 2 amide bonds. The molecule has 0 radical (unpaired) electrons. The number of carbonyl (C=O) groups is 2. The number of hydrogen-bond donors (Lipinski definition) is 1. The molecule has 1 fully saturated rings. The molecule has 2 aromatic carbocycles. The first-order valence-electron chi connectivity index (χ1n) is 8.83. The summed E-state index contributed by atoms with van der Waals surface area (Å²) in [6.45, 7) is 3.64. The van der Waals surface area contributed by atoms with Crippen molar-refractivity contribution in [2.24, 2.45) is 0 Å². The fraction of sp³-hybridized carbons (Fsp3) is 0.300. The summed E-state index contributed by atoms with van der Waals surface area (Å²) < 4.78 is 32.0. The minimum absolute atomic E-state index is 0.000349. The van der Waals surface area contributed by atoms with Crippen LogP contribution < -0.4 is 10.1 Å². The van der Waals surface area contributed by atoms with Crippen molar-refractivity contribution in [3.63, 3.8) is 0 Å². The van der Waals surface area contributed by atoms with Crippen LogP contribution in [0.15, 0.2) is 47.4 Å². The standard InChI is InChI=1S/C20H22N2O5S/c1-13-4-6-15(7-5-13)21-20(24)17-9-11-19(23)22(17)28(25,26)16-8-10-18(27-3)14(2)12-16/h4-8,10,12,17H,9,11H2,1-3H3,(H,21,24)/t17-/m1/s1. The SMILES string of the molecule is COc1ccc(S(=O)(=O)N2C(=O)CC[C@@H]2C(=O)Nc2ccc(C)cc2)cc1C. The summed E-state index contributed by atoms with van der Waals surface area (Å²) in [6, 6.07) is 10.4. The van der Waals surface area contributed by atoms with Crippen molar-refractivity contribution in [2.75, 3.05) is 12.4 Å². The van der Waals surface area contributed by atoms with E-state index in [4.69, 9.17) is 4.74 Å². The van der Waals surface area contributed by atoms with Crippen LogP contribution in [-0.4, -0.2) is 37.7 Å². The molecule has 0 unspecified atom stereocenters. The molecule has 0 spiro atoms. The first-order valence-corrected chi connectivity index (χ1v) is 10.3. The molecule has 2 aromatic rings. The minimum atomic E-state index is -4.16. The number of rotatable bonds is 5. The Morgan fingerprint density at radius 1 is 1.14 bits per heavy atom. The molecule has 0 aliphatic carbocycles. The highest BCUT2D eigenvalue weighted by Crippen LogP contribution is 2.30. The van der Waals surface area contributed by atoms with Gasteiger partial charge in [0.15, 0.2) is 0 Å². The molecule has 1 saturated heterocycles. The Balaban J connectivity index is 1.89. The number of nitrogens with zero attached hydrogens (tertiary/aromatic N) is 1. The van der Waals surface area contributed by atoms with Gasteiger partial charge >= 0.3 is 0 Å². The molecular formula is C20H22N2O5S. The van der Waals surface area contributed by atoms with Gasteiger partial charge in [0.05, 0.1) is 12.0 Å². The molecule has 1 heterocycles. The molecule has 0 saturated carbocycles. The fourth-order valence-electron chi connectivity index (χ4n) is 3.19. The highest BCUT2D eigenvalue weighted by Gasteiger charge is 2.44. The van der Waals surface area contributed by atoms with Gasteiger partial charge in [-0.05, 0) is 56.2 Å². The molecule has 1 aliphatic rings. The van der Waals surface area contributed by atoms with E-state index in [1.54, 1.807) is 19.1 Å². The summed E-state index contributed by atoms with van der Waals surface area (Å²) in [5.41, 5.74) is 2.21. The number of amides is 2. The molecule has 0 bridgehead atoms. The van der Waals surface area contributed by atoms with E-state index in [-0.39, 0.29) is 17.7 Å². The van der Waals surface area contributed by atoms with Gasteiger partial charge in [-0.1, -0.05) is 17.7 Å². The minimum Gasteiger partial charge on any atom is -0.496 e. The van der Waals surface area contributed by atoms with Crippen LogP contribution in [0.4, 0.5) is 5.69 Å². The molecule has 148 valence electrons. The van der Waals surface area contributed by atoms with Crippen molar-refractivity contribution in [1.29, 1.82) is 0 Å². The number of anilines is 1. The Morgan fingerprint density at radius 2 is 1.82 bits per heavy atom. The Bertz CT molecular complexity index is 1020. The highest BCUT2D eigenvalue weighted by molar-refractivity contribution is 7.89. The fourth-order valence-corrected chi connectivity index (χ4v) is 4.88. The summed E-state index contributed by atoms with van der Waals surface area (Å²) in [5, 5.41) is 2.70. The zero-order valence-electron chi connectivity index (χ0n) is 15.9. The van der Waals surface area contributed by atoms with Gasteiger partial charge in [0.25, 0.3) is 10.0 Å². The molecule has 3 rings (SSSR count). The Labute approximate surface area is 164 Å². The number of benzene rings is 2. The normalized spacial score (nSPS) is 16.9. The largest absolute Gasteiger partial charge is 0.496 e. The highest BCUT2D eigenvalue weighted by atomic mass is 32.2. The lowest BCUT2D eigenvalue weighted by atomic mass is 10.2. The van der Waals surface area contributed by atoms with Crippen LogP contribution in [0.2, 0.25) is 0 Å². The summed E-state index contributed by atoms with van der Waals surface area (Å²) in [5.74, 6) is -0.568. The lowest BCUT2D eigenvalue weighted by Gasteiger charge is -2.24. The van der Waals surface area contributed by atoms with Gasteiger partial charge in [0.2, 0.25) is 11.8 Å². The maximum atomic E-state index is 13.1. The van der Waals surface area contributed by atoms with Crippen LogP contribution in [0.25, 0.3) is 0 Å². The van der Waals surface area contributed by atoms with E-state index < -0.39 is 27.9 Å². The number of nitrogens with one attached hydrogen (secondary N) is 1. The van der Waals surface area contributed by atoms with Gasteiger partial charge in [0.1, 0.15) is 11.8 Å². The van der Waals surface area contributed by atoms with Gasteiger partial charge in [-0.25, -0.2) is 12.7 Å². The number of methoxy groups -OCH3 is 1. The first kappa shape index (κ1) is 19.9. The Morgan fingerprint density at radius 3 is 2.43 bits per heavy atom. The van der Waals surface area contributed by atoms with E-state index in [2.05, 4.69) is 5.32 Å².